The van der Waals surface area contributed by atoms with Crippen molar-refractivity contribution in [1.82, 2.24) is 4.90 Å². The first kappa shape index (κ1) is 24.8. The fraction of sp³-hybridized carbons (Fsp3) is 0.417. The highest BCUT2D eigenvalue weighted by Gasteiger charge is 2.39. The van der Waals surface area contributed by atoms with Gasteiger partial charge in [0.1, 0.15) is 24.2 Å². The highest BCUT2D eigenvalue weighted by molar-refractivity contribution is 7.92. The summed E-state index contributed by atoms with van der Waals surface area (Å²) >= 11 is 0. The fourth-order valence-electron chi connectivity index (χ4n) is 4.46. The van der Waals surface area contributed by atoms with Gasteiger partial charge < -0.3 is 24.4 Å². The Balaban J connectivity index is 1.44. The van der Waals surface area contributed by atoms with Gasteiger partial charge in [0.05, 0.1) is 43.2 Å². The molecule has 2 aliphatic rings. The number of carbonyl (C=O) groups is 2. The molecule has 0 saturated carbocycles. The molecule has 0 bridgehead atoms. The van der Waals surface area contributed by atoms with Crippen molar-refractivity contribution in [3.05, 3.63) is 48.0 Å². The van der Waals surface area contributed by atoms with Crippen LogP contribution in [-0.4, -0.2) is 70.4 Å². The Morgan fingerprint density at radius 1 is 1.20 bits per heavy atom. The van der Waals surface area contributed by atoms with E-state index in [9.17, 15) is 18.0 Å². The van der Waals surface area contributed by atoms with E-state index in [2.05, 4.69) is 10.0 Å². The molecule has 2 aliphatic heterocycles. The number of anilines is 2. The molecule has 2 aromatic rings. The van der Waals surface area contributed by atoms with Crippen LogP contribution in [-0.2, 0) is 19.6 Å². The van der Waals surface area contributed by atoms with Gasteiger partial charge in [-0.2, -0.15) is 0 Å². The third-order valence-corrected chi connectivity index (χ3v) is 6.72. The summed E-state index contributed by atoms with van der Waals surface area (Å²) < 4.78 is 42.9. The monoisotopic (exact) mass is 503 g/mol. The third-order valence-electron chi connectivity index (χ3n) is 6.11. The zero-order chi connectivity index (χ0) is 25.2. The van der Waals surface area contributed by atoms with Crippen molar-refractivity contribution >= 4 is 33.2 Å². The SMILES string of the molecule is COc1ccccc1NC(=O)C[C@H]1CC[C@H]2[C@@H](COc3ccc(NS(C)(=O)=O)cc3C(=O)N2C)O1. The van der Waals surface area contributed by atoms with Gasteiger partial charge in [0.25, 0.3) is 5.91 Å². The quantitative estimate of drug-likeness (QED) is 0.621. The largest absolute Gasteiger partial charge is 0.495 e. The van der Waals surface area contributed by atoms with Crippen molar-refractivity contribution in [3.8, 4) is 11.5 Å². The van der Waals surface area contributed by atoms with Crippen LogP contribution >= 0.6 is 0 Å². The number of methoxy groups -OCH3 is 1. The number of hydrogen-bond donors (Lipinski definition) is 2. The number of benzene rings is 2. The number of amides is 2. The lowest BCUT2D eigenvalue weighted by atomic mass is 9.94. The smallest absolute Gasteiger partial charge is 0.257 e. The summed E-state index contributed by atoms with van der Waals surface area (Å²) in [7, 11) is -0.243. The molecule has 11 heteroatoms. The standard InChI is InChI=1S/C24H29N3O7S/c1-27-19-10-9-16(13-23(28)25-18-6-4-5-7-21(18)32-2)34-22(19)14-33-20-11-8-15(26-35(3,30)31)12-17(20)24(27)29/h4-8,11-12,16,19,22,26H,9-10,13-14H2,1-3H3,(H,25,28)/t16-,19+,22-/m1/s1. The molecule has 0 unspecified atom stereocenters. The first-order valence-electron chi connectivity index (χ1n) is 11.2. The topological polar surface area (TPSA) is 123 Å². The van der Waals surface area contributed by atoms with E-state index in [0.29, 0.717) is 30.0 Å². The molecule has 2 amide bonds. The summed E-state index contributed by atoms with van der Waals surface area (Å²) in [5, 5.41) is 2.86. The van der Waals surface area contributed by atoms with Gasteiger partial charge in [-0.15, -0.1) is 0 Å². The Bertz CT molecular complexity index is 1220. The van der Waals surface area contributed by atoms with Gasteiger partial charge in [0.15, 0.2) is 0 Å². The van der Waals surface area contributed by atoms with Crippen molar-refractivity contribution in [1.29, 1.82) is 0 Å². The van der Waals surface area contributed by atoms with E-state index in [0.717, 1.165) is 6.26 Å². The summed E-state index contributed by atoms with van der Waals surface area (Å²) in [6.07, 6.45) is 1.71. The second-order valence-corrected chi connectivity index (χ2v) is 10.5. The molecule has 188 valence electrons. The number of fused-ring (bicyclic) bond motifs is 2. The number of hydrogen-bond acceptors (Lipinski definition) is 7. The first-order chi connectivity index (χ1) is 16.6. The number of carbonyl (C=O) groups excluding carboxylic acids is 2. The first-order valence-corrected chi connectivity index (χ1v) is 13.1. The minimum atomic E-state index is -3.49. The maximum absolute atomic E-state index is 13.2. The van der Waals surface area contributed by atoms with Crippen molar-refractivity contribution in [3.63, 3.8) is 0 Å². The average molecular weight is 504 g/mol. The Morgan fingerprint density at radius 3 is 2.71 bits per heavy atom. The molecule has 2 heterocycles. The van der Waals surface area contributed by atoms with Gasteiger partial charge in [-0.05, 0) is 43.2 Å². The van der Waals surface area contributed by atoms with E-state index >= 15 is 0 Å². The fourth-order valence-corrected chi connectivity index (χ4v) is 5.02. The molecule has 4 rings (SSSR count). The van der Waals surface area contributed by atoms with E-state index in [1.165, 1.54) is 6.07 Å². The normalized spacial score (nSPS) is 22.1. The Morgan fingerprint density at radius 2 is 1.97 bits per heavy atom. The highest BCUT2D eigenvalue weighted by atomic mass is 32.2. The van der Waals surface area contributed by atoms with Crippen molar-refractivity contribution in [2.45, 2.75) is 37.5 Å². The van der Waals surface area contributed by atoms with Crippen LogP contribution in [0.25, 0.3) is 0 Å². The van der Waals surface area contributed by atoms with Crippen LogP contribution in [0.15, 0.2) is 42.5 Å². The Hall–Kier alpha value is -3.31. The summed E-state index contributed by atoms with van der Waals surface area (Å²) in [5.41, 5.74) is 1.15. The maximum Gasteiger partial charge on any atom is 0.257 e. The zero-order valence-electron chi connectivity index (χ0n) is 19.8. The molecule has 35 heavy (non-hydrogen) atoms. The summed E-state index contributed by atoms with van der Waals surface area (Å²) in [6.45, 7) is 0.193. The van der Waals surface area contributed by atoms with Crippen LogP contribution in [0.3, 0.4) is 0 Å². The molecule has 0 aliphatic carbocycles. The lowest BCUT2D eigenvalue weighted by molar-refractivity contribution is -0.130. The Kier molecular flexibility index (Phi) is 7.18. The van der Waals surface area contributed by atoms with E-state index in [4.69, 9.17) is 14.2 Å². The molecular weight excluding hydrogens is 474 g/mol. The van der Waals surface area contributed by atoms with Gasteiger partial charge in [-0.25, -0.2) is 8.42 Å². The second kappa shape index (κ2) is 10.1. The van der Waals surface area contributed by atoms with Crippen molar-refractivity contribution in [2.75, 3.05) is 37.1 Å². The van der Waals surface area contributed by atoms with Crippen LogP contribution < -0.4 is 19.5 Å². The van der Waals surface area contributed by atoms with E-state index in [1.807, 2.05) is 12.1 Å². The molecule has 0 radical (unpaired) electrons. The maximum atomic E-state index is 13.2. The lowest BCUT2D eigenvalue weighted by Gasteiger charge is -2.42. The molecule has 3 atom stereocenters. The van der Waals surface area contributed by atoms with Gasteiger partial charge in [0.2, 0.25) is 15.9 Å². The van der Waals surface area contributed by atoms with Crippen molar-refractivity contribution < 1.29 is 32.2 Å². The van der Waals surface area contributed by atoms with Crippen LogP contribution in [0.4, 0.5) is 11.4 Å². The number of sulfonamides is 1. The van der Waals surface area contributed by atoms with E-state index < -0.39 is 16.1 Å². The predicted molar refractivity (Wildman–Crippen MR) is 130 cm³/mol. The number of rotatable bonds is 6. The molecule has 0 spiro atoms. The molecular formula is C24H29N3O7S. The third kappa shape index (κ3) is 5.85. The van der Waals surface area contributed by atoms with Gasteiger partial charge in [-0.3, -0.25) is 14.3 Å². The minimum Gasteiger partial charge on any atom is -0.495 e. The summed E-state index contributed by atoms with van der Waals surface area (Å²) in [4.78, 5) is 27.5. The van der Waals surface area contributed by atoms with Gasteiger partial charge in [0, 0.05) is 12.7 Å². The second-order valence-electron chi connectivity index (χ2n) is 8.71. The van der Waals surface area contributed by atoms with E-state index in [-0.39, 0.29) is 48.2 Å². The molecule has 0 aromatic heterocycles. The lowest BCUT2D eigenvalue weighted by Crippen LogP contribution is -2.53. The molecule has 1 fully saturated rings. The number of nitrogens with one attached hydrogen (secondary N) is 2. The van der Waals surface area contributed by atoms with Crippen molar-refractivity contribution in [2.24, 2.45) is 0 Å². The number of ether oxygens (including phenoxy) is 3. The number of nitrogens with zero attached hydrogens (tertiary/aromatic N) is 1. The highest BCUT2D eigenvalue weighted by Crippen LogP contribution is 2.33. The van der Waals surface area contributed by atoms with Gasteiger partial charge >= 0.3 is 0 Å². The number of para-hydroxylation sites is 2. The molecule has 2 N–H and O–H groups in total. The summed E-state index contributed by atoms with van der Waals surface area (Å²) in [5.74, 6) is 0.444. The van der Waals surface area contributed by atoms with E-state index in [1.54, 1.807) is 43.3 Å². The summed E-state index contributed by atoms with van der Waals surface area (Å²) in [6, 6.07) is 11.5. The molecule has 10 nitrogen and oxygen atoms in total. The minimum absolute atomic E-state index is 0.163. The molecule has 1 saturated heterocycles. The average Bonchev–Trinajstić information content (AvgIpc) is 2.81. The molecule has 2 aromatic carbocycles. The van der Waals surface area contributed by atoms with Gasteiger partial charge in [-0.1, -0.05) is 12.1 Å². The van der Waals surface area contributed by atoms with Crippen LogP contribution in [0.5, 0.6) is 11.5 Å². The zero-order valence-corrected chi connectivity index (χ0v) is 20.6. The van der Waals surface area contributed by atoms with Crippen LogP contribution in [0.2, 0.25) is 0 Å². The Labute approximate surface area is 204 Å². The number of likely N-dealkylation sites (N-methyl/N-ethyl adjacent to an activating group) is 1. The van der Waals surface area contributed by atoms with Crippen LogP contribution in [0, 0.1) is 0 Å². The predicted octanol–water partition coefficient (Wildman–Crippen LogP) is 2.48. The van der Waals surface area contributed by atoms with Crippen LogP contribution in [0.1, 0.15) is 29.6 Å².